The summed E-state index contributed by atoms with van der Waals surface area (Å²) in [7, 11) is 1.49. The Bertz CT molecular complexity index is 494. The lowest BCUT2D eigenvalue weighted by molar-refractivity contribution is -0.141. The number of nitrogens with one attached hydrogen (secondary N) is 1. The second kappa shape index (κ2) is 5.90. The summed E-state index contributed by atoms with van der Waals surface area (Å²) in [6, 6.07) is 3.79. The van der Waals surface area contributed by atoms with Gasteiger partial charge in [-0.1, -0.05) is 20.8 Å². The minimum Gasteiger partial charge on any atom is -0.480 e. The molecule has 1 rings (SSSR count). The maximum atomic E-state index is 12.8. The molecule has 2 N–H and O–H groups in total. The van der Waals surface area contributed by atoms with E-state index in [1.807, 2.05) is 0 Å². The molecule has 20 heavy (non-hydrogen) atoms. The molecule has 0 heterocycles. The highest BCUT2D eigenvalue weighted by Gasteiger charge is 2.33. The SMILES string of the molecule is CN(C(=O)N[C@@H](C(=O)O)C(C)(C)C)c1ccc(F)cc1. The number of benzene rings is 1. The summed E-state index contributed by atoms with van der Waals surface area (Å²) in [5.74, 6) is -1.50. The monoisotopic (exact) mass is 282 g/mol. The lowest BCUT2D eigenvalue weighted by atomic mass is 9.87. The van der Waals surface area contributed by atoms with Crippen molar-refractivity contribution in [2.45, 2.75) is 26.8 Å². The number of anilines is 1. The molecule has 1 atom stereocenters. The fourth-order valence-corrected chi connectivity index (χ4v) is 1.65. The molecule has 0 aliphatic carbocycles. The van der Waals surface area contributed by atoms with Gasteiger partial charge in [-0.25, -0.2) is 14.0 Å². The van der Waals surface area contributed by atoms with Crippen molar-refractivity contribution < 1.29 is 19.1 Å². The van der Waals surface area contributed by atoms with Gasteiger partial charge < -0.3 is 10.4 Å². The molecular formula is C14H19FN2O3. The fourth-order valence-electron chi connectivity index (χ4n) is 1.65. The van der Waals surface area contributed by atoms with Crippen LogP contribution in [-0.4, -0.2) is 30.2 Å². The van der Waals surface area contributed by atoms with Crippen molar-refractivity contribution in [3.63, 3.8) is 0 Å². The first kappa shape index (κ1) is 15.9. The van der Waals surface area contributed by atoms with Crippen LogP contribution in [0.4, 0.5) is 14.9 Å². The van der Waals surface area contributed by atoms with Gasteiger partial charge in [0, 0.05) is 12.7 Å². The van der Waals surface area contributed by atoms with E-state index in [-0.39, 0.29) is 0 Å². The summed E-state index contributed by atoms with van der Waals surface area (Å²) in [6.07, 6.45) is 0. The summed E-state index contributed by atoms with van der Waals surface area (Å²) < 4.78 is 12.8. The molecule has 0 spiro atoms. The number of urea groups is 1. The van der Waals surface area contributed by atoms with Crippen LogP contribution in [0.15, 0.2) is 24.3 Å². The number of carboxylic acid groups (broad SMARTS) is 1. The number of carbonyl (C=O) groups excluding carboxylic acids is 1. The van der Waals surface area contributed by atoms with Gasteiger partial charge in [0.05, 0.1) is 0 Å². The van der Waals surface area contributed by atoms with Crippen molar-refractivity contribution in [3.05, 3.63) is 30.1 Å². The van der Waals surface area contributed by atoms with Crippen molar-refractivity contribution in [1.82, 2.24) is 5.32 Å². The lowest BCUT2D eigenvalue weighted by Gasteiger charge is -2.29. The summed E-state index contributed by atoms with van der Waals surface area (Å²) in [5, 5.41) is 11.6. The van der Waals surface area contributed by atoms with Crippen LogP contribution in [0.2, 0.25) is 0 Å². The van der Waals surface area contributed by atoms with Crippen LogP contribution in [0.25, 0.3) is 0 Å². The normalized spacial score (nSPS) is 12.7. The van der Waals surface area contributed by atoms with Gasteiger partial charge >= 0.3 is 12.0 Å². The Morgan fingerprint density at radius 3 is 2.15 bits per heavy atom. The molecule has 0 aliphatic rings. The van der Waals surface area contributed by atoms with Crippen molar-refractivity contribution in [2.75, 3.05) is 11.9 Å². The van der Waals surface area contributed by atoms with Crippen molar-refractivity contribution in [3.8, 4) is 0 Å². The van der Waals surface area contributed by atoms with Crippen LogP contribution in [0, 0.1) is 11.2 Å². The molecule has 0 radical (unpaired) electrons. The summed E-state index contributed by atoms with van der Waals surface area (Å²) in [6.45, 7) is 5.18. The van der Waals surface area contributed by atoms with Crippen molar-refractivity contribution >= 4 is 17.7 Å². The zero-order valence-corrected chi connectivity index (χ0v) is 12.0. The zero-order chi connectivity index (χ0) is 15.5. The van der Waals surface area contributed by atoms with Gasteiger partial charge in [-0.3, -0.25) is 4.90 Å². The third kappa shape index (κ3) is 3.94. The number of aliphatic carboxylic acids is 1. The lowest BCUT2D eigenvalue weighted by Crippen LogP contribution is -2.52. The van der Waals surface area contributed by atoms with Gasteiger partial charge in [0.25, 0.3) is 0 Å². The van der Waals surface area contributed by atoms with Gasteiger partial charge in [0.1, 0.15) is 11.9 Å². The number of hydrogen-bond acceptors (Lipinski definition) is 2. The molecule has 0 aliphatic heterocycles. The quantitative estimate of drug-likeness (QED) is 0.894. The zero-order valence-electron chi connectivity index (χ0n) is 12.0. The maximum absolute atomic E-state index is 12.8. The standard InChI is InChI=1S/C14H19FN2O3/c1-14(2,3)11(12(18)19)16-13(20)17(4)10-7-5-9(15)6-8-10/h5-8,11H,1-4H3,(H,16,20)(H,18,19)/t11-/m0/s1. The molecule has 0 saturated carbocycles. The van der Waals surface area contributed by atoms with Gasteiger partial charge in [0.15, 0.2) is 0 Å². The highest BCUT2D eigenvalue weighted by Crippen LogP contribution is 2.20. The molecule has 1 aromatic carbocycles. The first-order chi connectivity index (χ1) is 9.12. The smallest absolute Gasteiger partial charge is 0.326 e. The molecule has 0 saturated heterocycles. The van der Waals surface area contributed by atoms with Crippen LogP contribution in [0.5, 0.6) is 0 Å². The van der Waals surface area contributed by atoms with E-state index in [4.69, 9.17) is 5.11 Å². The number of nitrogens with zero attached hydrogens (tertiary/aromatic N) is 1. The predicted octanol–water partition coefficient (Wildman–Crippen LogP) is 2.47. The topological polar surface area (TPSA) is 69.6 Å². The van der Waals surface area contributed by atoms with Gasteiger partial charge in [-0.15, -0.1) is 0 Å². The van der Waals surface area contributed by atoms with E-state index < -0.39 is 29.3 Å². The highest BCUT2D eigenvalue weighted by atomic mass is 19.1. The first-order valence-corrected chi connectivity index (χ1v) is 6.15. The molecular weight excluding hydrogens is 263 g/mol. The Hall–Kier alpha value is -2.11. The second-order valence-corrected chi connectivity index (χ2v) is 5.62. The number of carbonyl (C=O) groups is 2. The van der Waals surface area contributed by atoms with Crippen LogP contribution >= 0.6 is 0 Å². The molecule has 110 valence electrons. The van der Waals surface area contributed by atoms with Crippen molar-refractivity contribution in [2.24, 2.45) is 5.41 Å². The van der Waals surface area contributed by atoms with E-state index in [2.05, 4.69) is 5.32 Å². The number of carboxylic acids is 1. The predicted molar refractivity (Wildman–Crippen MR) is 74.2 cm³/mol. The van der Waals surface area contributed by atoms with E-state index in [1.54, 1.807) is 20.8 Å². The Morgan fingerprint density at radius 2 is 1.75 bits per heavy atom. The Labute approximate surface area is 117 Å². The first-order valence-electron chi connectivity index (χ1n) is 6.15. The van der Waals surface area contributed by atoms with E-state index in [9.17, 15) is 14.0 Å². The Morgan fingerprint density at radius 1 is 1.25 bits per heavy atom. The number of hydrogen-bond donors (Lipinski definition) is 2. The minimum atomic E-state index is -1.10. The third-order valence-electron chi connectivity index (χ3n) is 2.90. The van der Waals surface area contributed by atoms with Crippen molar-refractivity contribution in [1.29, 1.82) is 0 Å². The number of rotatable bonds is 3. The second-order valence-electron chi connectivity index (χ2n) is 5.62. The number of amides is 2. The number of halogens is 1. The Balaban J connectivity index is 2.84. The van der Waals surface area contributed by atoms with E-state index in [0.717, 1.165) is 0 Å². The summed E-state index contributed by atoms with van der Waals surface area (Å²) in [4.78, 5) is 24.5. The summed E-state index contributed by atoms with van der Waals surface area (Å²) >= 11 is 0. The van der Waals surface area contributed by atoms with Crippen LogP contribution in [-0.2, 0) is 4.79 Å². The van der Waals surface area contributed by atoms with Crippen LogP contribution in [0.3, 0.4) is 0 Å². The largest absolute Gasteiger partial charge is 0.480 e. The molecule has 5 nitrogen and oxygen atoms in total. The summed E-state index contributed by atoms with van der Waals surface area (Å²) in [5.41, 5.74) is -0.146. The van der Waals surface area contributed by atoms with Crippen LogP contribution < -0.4 is 10.2 Å². The third-order valence-corrected chi connectivity index (χ3v) is 2.90. The molecule has 0 aromatic heterocycles. The molecule has 2 amide bonds. The molecule has 6 heteroatoms. The fraction of sp³-hybridized carbons (Fsp3) is 0.429. The average molecular weight is 282 g/mol. The average Bonchev–Trinajstić information content (AvgIpc) is 2.33. The van der Waals surface area contributed by atoms with Gasteiger partial charge in [-0.05, 0) is 29.7 Å². The van der Waals surface area contributed by atoms with E-state index >= 15 is 0 Å². The van der Waals surface area contributed by atoms with Crippen LogP contribution in [0.1, 0.15) is 20.8 Å². The molecule has 0 fully saturated rings. The Kier molecular flexibility index (Phi) is 4.70. The minimum absolute atomic E-state index is 0.402. The van der Waals surface area contributed by atoms with E-state index in [1.165, 1.54) is 36.2 Å². The molecule has 0 unspecified atom stereocenters. The molecule has 1 aromatic rings. The highest BCUT2D eigenvalue weighted by molar-refractivity contribution is 5.94. The molecule has 0 bridgehead atoms. The van der Waals surface area contributed by atoms with Gasteiger partial charge in [-0.2, -0.15) is 0 Å². The van der Waals surface area contributed by atoms with E-state index in [0.29, 0.717) is 5.69 Å². The van der Waals surface area contributed by atoms with Gasteiger partial charge in [0.2, 0.25) is 0 Å². The maximum Gasteiger partial charge on any atom is 0.326 e.